The highest BCUT2D eigenvalue weighted by Gasteiger charge is 2.18. The van der Waals surface area contributed by atoms with Gasteiger partial charge in [0.05, 0.1) is 12.1 Å². The van der Waals surface area contributed by atoms with Crippen LogP contribution in [0.4, 0.5) is 0 Å². The molecular formula is C19H17ClN4O2S. The number of carbonyl (C=O) groups is 2. The van der Waals surface area contributed by atoms with E-state index < -0.39 is 0 Å². The predicted octanol–water partition coefficient (Wildman–Crippen LogP) is 3.77. The van der Waals surface area contributed by atoms with E-state index >= 15 is 0 Å². The molecular weight excluding hydrogens is 384 g/mol. The van der Waals surface area contributed by atoms with Crippen LogP contribution in [-0.4, -0.2) is 26.5 Å². The molecule has 3 rings (SSSR count). The molecule has 0 aliphatic heterocycles. The van der Waals surface area contributed by atoms with E-state index in [-0.39, 0.29) is 18.2 Å². The fourth-order valence-electron chi connectivity index (χ4n) is 2.70. The van der Waals surface area contributed by atoms with Gasteiger partial charge in [-0.15, -0.1) is 0 Å². The van der Waals surface area contributed by atoms with Crippen LogP contribution in [0.15, 0.2) is 48.5 Å². The molecule has 138 valence electrons. The third-order valence-corrected chi connectivity index (χ3v) is 4.65. The molecule has 0 spiro atoms. The maximum atomic E-state index is 12.8. The summed E-state index contributed by atoms with van der Waals surface area (Å²) in [5.41, 5.74) is 1.09. The van der Waals surface area contributed by atoms with Gasteiger partial charge < -0.3 is 9.88 Å². The quantitative estimate of drug-likeness (QED) is 0.487. The minimum Gasteiger partial charge on any atom is -0.345 e. The van der Waals surface area contributed by atoms with Crippen molar-refractivity contribution in [2.24, 2.45) is 0 Å². The van der Waals surface area contributed by atoms with Crippen LogP contribution in [0.25, 0.3) is 0 Å². The summed E-state index contributed by atoms with van der Waals surface area (Å²) in [5, 5.41) is 10.2. The number of aromatic amines is 1. The molecule has 0 unspecified atom stereocenters. The second-order valence-electron chi connectivity index (χ2n) is 5.75. The summed E-state index contributed by atoms with van der Waals surface area (Å²) in [6.07, 6.45) is 0. The molecule has 3 aromatic rings. The molecule has 2 N–H and O–H groups in total. The van der Waals surface area contributed by atoms with Crippen LogP contribution in [0, 0.1) is 4.77 Å². The fourth-order valence-corrected chi connectivity index (χ4v) is 3.11. The highest BCUT2D eigenvalue weighted by atomic mass is 35.5. The van der Waals surface area contributed by atoms with Crippen molar-refractivity contribution < 1.29 is 9.59 Å². The molecule has 0 radical (unpaired) electrons. The van der Waals surface area contributed by atoms with Gasteiger partial charge in [-0.3, -0.25) is 14.7 Å². The van der Waals surface area contributed by atoms with Crippen molar-refractivity contribution in [3.8, 4) is 0 Å². The molecule has 0 aliphatic carbocycles. The Bertz CT molecular complexity index is 1040. The summed E-state index contributed by atoms with van der Waals surface area (Å²) >= 11 is 11.0. The molecule has 0 aliphatic rings. The third-order valence-electron chi connectivity index (χ3n) is 4.08. The lowest BCUT2D eigenvalue weighted by Crippen LogP contribution is -2.26. The molecule has 1 heterocycles. The van der Waals surface area contributed by atoms with Crippen molar-refractivity contribution >= 4 is 35.5 Å². The Morgan fingerprint density at radius 1 is 1.15 bits per heavy atom. The number of amides is 1. The fraction of sp³-hybridized carbons (Fsp3) is 0.158. The maximum Gasteiger partial charge on any atom is 0.252 e. The van der Waals surface area contributed by atoms with Gasteiger partial charge in [-0.05, 0) is 49.5 Å². The molecule has 1 amide bonds. The van der Waals surface area contributed by atoms with Crippen LogP contribution in [0.2, 0.25) is 5.02 Å². The summed E-state index contributed by atoms with van der Waals surface area (Å²) in [6.45, 7) is 2.78. The Hall–Kier alpha value is -2.77. The predicted molar refractivity (Wildman–Crippen MR) is 106 cm³/mol. The first-order chi connectivity index (χ1) is 13.0. The van der Waals surface area contributed by atoms with E-state index in [9.17, 15) is 9.59 Å². The highest BCUT2D eigenvalue weighted by Crippen LogP contribution is 2.17. The molecule has 0 atom stereocenters. The molecule has 8 heteroatoms. The Kier molecular flexibility index (Phi) is 5.83. The van der Waals surface area contributed by atoms with Gasteiger partial charge >= 0.3 is 0 Å². The number of halogens is 1. The first kappa shape index (κ1) is 19.0. The van der Waals surface area contributed by atoms with Crippen LogP contribution in [0.1, 0.15) is 39.0 Å². The largest absolute Gasteiger partial charge is 0.345 e. The van der Waals surface area contributed by atoms with Gasteiger partial charge in [0.1, 0.15) is 0 Å². The van der Waals surface area contributed by atoms with E-state index in [4.69, 9.17) is 23.8 Å². The van der Waals surface area contributed by atoms with Gasteiger partial charge in [0, 0.05) is 22.7 Å². The number of nitrogens with zero attached hydrogens (tertiary/aromatic N) is 2. The molecule has 27 heavy (non-hydrogen) atoms. The summed E-state index contributed by atoms with van der Waals surface area (Å²) in [5.74, 6) is 0.0236. The monoisotopic (exact) mass is 400 g/mol. The summed E-state index contributed by atoms with van der Waals surface area (Å²) in [6, 6.07) is 13.3. The lowest BCUT2D eigenvalue weighted by Gasteiger charge is -2.10. The zero-order valence-electron chi connectivity index (χ0n) is 14.5. The van der Waals surface area contributed by atoms with Gasteiger partial charge in [0.2, 0.25) is 0 Å². The van der Waals surface area contributed by atoms with Gasteiger partial charge in [0.25, 0.3) is 5.91 Å². The number of ketones is 1. The van der Waals surface area contributed by atoms with Gasteiger partial charge in [-0.2, -0.15) is 5.10 Å². The first-order valence-electron chi connectivity index (χ1n) is 8.32. The lowest BCUT2D eigenvalue weighted by molar-refractivity contribution is 0.0938. The normalized spacial score (nSPS) is 10.6. The molecule has 0 saturated carbocycles. The molecule has 2 aromatic carbocycles. The van der Waals surface area contributed by atoms with Crippen molar-refractivity contribution in [1.82, 2.24) is 20.1 Å². The van der Waals surface area contributed by atoms with E-state index in [1.165, 1.54) is 0 Å². The van der Waals surface area contributed by atoms with Gasteiger partial charge in [-0.1, -0.05) is 29.8 Å². The van der Waals surface area contributed by atoms with Crippen LogP contribution in [-0.2, 0) is 13.1 Å². The first-order valence-corrected chi connectivity index (χ1v) is 9.11. The third kappa shape index (κ3) is 4.15. The van der Waals surface area contributed by atoms with E-state index in [0.29, 0.717) is 38.9 Å². The Labute approximate surface area is 166 Å². The summed E-state index contributed by atoms with van der Waals surface area (Å²) in [7, 11) is 0. The lowest BCUT2D eigenvalue weighted by atomic mass is 9.98. The maximum absolute atomic E-state index is 12.8. The average Bonchev–Trinajstić information content (AvgIpc) is 3.05. The molecule has 0 saturated heterocycles. The minimum atomic E-state index is -0.357. The van der Waals surface area contributed by atoms with E-state index in [2.05, 4.69) is 15.5 Å². The molecule has 6 nitrogen and oxygen atoms in total. The zero-order chi connectivity index (χ0) is 19.4. The van der Waals surface area contributed by atoms with Crippen molar-refractivity contribution in [3.63, 3.8) is 0 Å². The second-order valence-corrected chi connectivity index (χ2v) is 6.58. The summed E-state index contributed by atoms with van der Waals surface area (Å²) in [4.78, 5) is 25.5. The molecule has 0 bridgehead atoms. The summed E-state index contributed by atoms with van der Waals surface area (Å²) < 4.78 is 2.29. The highest BCUT2D eigenvalue weighted by molar-refractivity contribution is 7.71. The topological polar surface area (TPSA) is 79.8 Å². The molecule has 1 aromatic heterocycles. The number of aromatic nitrogens is 3. The SMILES string of the molecule is CCn1c(CNC(=O)c2ccccc2C(=O)c2ccc(Cl)cc2)n[nH]c1=S. The average molecular weight is 401 g/mol. The number of nitrogens with one attached hydrogen (secondary N) is 2. The van der Waals surface area contributed by atoms with E-state index in [0.717, 1.165) is 0 Å². The number of H-pyrrole nitrogens is 1. The van der Waals surface area contributed by atoms with Crippen LogP contribution in [0.5, 0.6) is 0 Å². The van der Waals surface area contributed by atoms with Crippen molar-refractivity contribution in [2.75, 3.05) is 0 Å². The van der Waals surface area contributed by atoms with Crippen molar-refractivity contribution in [1.29, 1.82) is 0 Å². The standard InChI is InChI=1S/C19H17ClN4O2S/c1-2-24-16(22-23-19(24)27)11-21-18(26)15-6-4-3-5-14(15)17(25)12-7-9-13(20)10-8-12/h3-10H,2,11H2,1H3,(H,21,26)(H,23,27). The van der Waals surface area contributed by atoms with Crippen LogP contribution in [0.3, 0.4) is 0 Å². The van der Waals surface area contributed by atoms with Crippen LogP contribution < -0.4 is 5.32 Å². The Morgan fingerprint density at radius 2 is 1.81 bits per heavy atom. The number of rotatable bonds is 6. The smallest absolute Gasteiger partial charge is 0.252 e. The number of carbonyl (C=O) groups excluding carboxylic acids is 2. The van der Waals surface area contributed by atoms with E-state index in [1.807, 2.05) is 6.92 Å². The van der Waals surface area contributed by atoms with Crippen molar-refractivity contribution in [2.45, 2.75) is 20.0 Å². The van der Waals surface area contributed by atoms with Crippen molar-refractivity contribution in [3.05, 3.63) is 80.8 Å². The van der Waals surface area contributed by atoms with E-state index in [1.54, 1.807) is 53.1 Å². The zero-order valence-corrected chi connectivity index (χ0v) is 16.1. The van der Waals surface area contributed by atoms with Crippen LogP contribution >= 0.6 is 23.8 Å². The van der Waals surface area contributed by atoms with Gasteiger partial charge in [-0.25, -0.2) is 0 Å². The number of hydrogen-bond acceptors (Lipinski definition) is 4. The molecule has 0 fully saturated rings. The number of benzene rings is 2. The Morgan fingerprint density at radius 3 is 2.48 bits per heavy atom. The van der Waals surface area contributed by atoms with Gasteiger partial charge in [0.15, 0.2) is 16.4 Å². The minimum absolute atomic E-state index is 0.198. The number of hydrogen-bond donors (Lipinski definition) is 2. The second kappa shape index (κ2) is 8.28. The Balaban J connectivity index is 1.82.